The predicted octanol–water partition coefficient (Wildman–Crippen LogP) is 1.81. The van der Waals surface area contributed by atoms with Crippen LogP contribution in [-0.2, 0) is 14.0 Å². The van der Waals surface area contributed by atoms with E-state index in [2.05, 4.69) is 27.4 Å². The van der Waals surface area contributed by atoms with Crippen LogP contribution in [0.15, 0.2) is 12.2 Å². The van der Waals surface area contributed by atoms with E-state index in [4.69, 9.17) is 9.16 Å². The largest absolute Gasteiger partial charge is 0.462 e. The Balaban J connectivity index is 3.33. The lowest BCUT2D eigenvalue weighted by atomic mass is 10.2. The van der Waals surface area contributed by atoms with Gasteiger partial charge in [0.05, 0.1) is 6.61 Å². The molecule has 0 bridgehead atoms. The monoisotopic (exact) mass is 230 g/mol. The second kappa shape index (κ2) is 6.79. The number of rotatable bonds is 6. The van der Waals surface area contributed by atoms with Crippen LogP contribution in [0.5, 0.6) is 0 Å². The third kappa shape index (κ3) is 9.69. The molecule has 88 valence electrons. The molecule has 0 aliphatic rings. The summed E-state index contributed by atoms with van der Waals surface area (Å²) in [6, 6.07) is 1.04. The van der Waals surface area contributed by atoms with E-state index in [9.17, 15) is 4.79 Å². The van der Waals surface area contributed by atoms with Crippen molar-refractivity contribution in [2.24, 2.45) is 0 Å². The Morgan fingerprint density at radius 1 is 1.40 bits per heavy atom. The van der Waals surface area contributed by atoms with Crippen molar-refractivity contribution in [2.45, 2.75) is 45.8 Å². The minimum absolute atomic E-state index is 0.0272. The summed E-state index contributed by atoms with van der Waals surface area (Å²) in [5.41, 5.74) is 0.429. The second-order valence-electron chi connectivity index (χ2n) is 4.58. The van der Waals surface area contributed by atoms with E-state index in [1.807, 2.05) is 0 Å². The fourth-order valence-electron chi connectivity index (χ4n) is 0.871. The highest BCUT2D eigenvalue weighted by Crippen LogP contribution is 2.06. The first-order valence-electron chi connectivity index (χ1n) is 5.29. The summed E-state index contributed by atoms with van der Waals surface area (Å²) in [4.78, 5) is 11.0. The van der Waals surface area contributed by atoms with E-state index in [-0.39, 0.29) is 11.6 Å². The molecule has 0 aromatic heterocycles. The minimum atomic E-state index is -0.471. The average Bonchev–Trinajstić information content (AvgIpc) is 2.08. The van der Waals surface area contributed by atoms with Crippen LogP contribution in [0.25, 0.3) is 0 Å². The lowest BCUT2D eigenvalue weighted by Crippen LogP contribution is -2.21. The second-order valence-corrected chi connectivity index (χ2v) is 5.99. The van der Waals surface area contributed by atoms with Crippen LogP contribution in [0.1, 0.15) is 34.1 Å². The Morgan fingerprint density at radius 2 is 2.00 bits per heavy atom. The highest BCUT2D eigenvalue weighted by molar-refractivity contribution is 6.27. The third-order valence-corrected chi connectivity index (χ3v) is 3.51. The van der Waals surface area contributed by atoms with Gasteiger partial charge in [0.15, 0.2) is 9.76 Å². The molecule has 15 heavy (non-hydrogen) atoms. The zero-order valence-corrected chi connectivity index (χ0v) is 11.7. The lowest BCUT2D eigenvalue weighted by molar-refractivity contribution is -0.138. The first-order valence-corrected chi connectivity index (χ1v) is 6.87. The highest BCUT2D eigenvalue weighted by Gasteiger charge is 2.09. The number of esters is 1. The van der Waals surface area contributed by atoms with Crippen molar-refractivity contribution in [1.29, 1.82) is 0 Å². The predicted molar refractivity (Wildman–Crippen MR) is 64.6 cm³/mol. The van der Waals surface area contributed by atoms with Gasteiger partial charge in [-0.05, 0) is 40.2 Å². The van der Waals surface area contributed by atoms with Gasteiger partial charge in [-0.1, -0.05) is 6.58 Å². The van der Waals surface area contributed by atoms with Gasteiger partial charge in [-0.25, -0.2) is 4.79 Å². The summed E-state index contributed by atoms with van der Waals surface area (Å²) in [7, 11) is -0.471. The Morgan fingerprint density at radius 3 is 2.47 bits per heavy atom. The van der Waals surface area contributed by atoms with E-state index < -0.39 is 9.76 Å². The van der Waals surface area contributed by atoms with Gasteiger partial charge in [-0.15, -0.1) is 0 Å². The fourth-order valence-corrected chi connectivity index (χ4v) is 2.04. The SMILES string of the molecule is C=C(C)C(=O)OCCC[SiH2]OC(C)(C)C. The molecule has 0 N–H and O–H groups in total. The van der Waals surface area contributed by atoms with Crippen LogP contribution in [-0.4, -0.2) is 27.9 Å². The summed E-state index contributed by atoms with van der Waals surface area (Å²) in [5, 5.41) is 0. The molecular formula is C11H22O3Si. The molecule has 0 aliphatic carbocycles. The van der Waals surface area contributed by atoms with Gasteiger partial charge in [-0.2, -0.15) is 0 Å². The quantitative estimate of drug-likeness (QED) is 0.302. The maximum Gasteiger partial charge on any atom is 0.333 e. The maximum atomic E-state index is 11.0. The zero-order valence-electron chi connectivity index (χ0n) is 10.3. The van der Waals surface area contributed by atoms with Gasteiger partial charge in [0.1, 0.15) is 0 Å². The van der Waals surface area contributed by atoms with E-state index in [0.717, 1.165) is 12.5 Å². The van der Waals surface area contributed by atoms with Crippen LogP contribution in [0.4, 0.5) is 0 Å². The van der Waals surface area contributed by atoms with Crippen molar-refractivity contribution in [1.82, 2.24) is 0 Å². The molecule has 0 saturated carbocycles. The molecule has 0 aromatic rings. The Kier molecular flexibility index (Phi) is 6.52. The Bertz CT molecular complexity index is 218. The lowest BCUT2D eigenvalue weighted by Gasteiger charge is -2.19. The average molecular weight is 230 g/mol. The molecular weight excluding hydrogens is 208 g/mol. The normalized spacial score (nSPS) is 12.0. The third-order valence-electron chi connectivity index (χ3n) is 1.66. The van der Waals surface area contributed by atoms with Crippen molar-refractivity contribution >= 4 is 15.7 Å². The van der Waals surface area contributed by atoms with Crippen LogP contribution >= 0.6 is 0 Å². The molecule has 4 heteroatoms. The molecule has 0 radical (unpaired) electrons. The van der Waals surface area contributed by atoms with Gasteiger partial charge >= 0.3 is 5.97 Å². The molecule has 0 spiro atoms. The minimum Gasteiger partial charge on any atom is -0.462 e. The smallest absolute Gasteiger partial charge is 0.333 e. The highest BCUT2D eigenvalue weighted by atomic mass is 28.2. The van der Waals surface area contributed by atoms with E-state index >= 15 is 0 Å². The number of ether oxygens (including phenoxy) is 1. The molecule has 0 aromatic carbocycles. The van der Waals surface area contributed by atoms with Crippen LogP contribution in [0.2, 0.25) is 6.04 Å². The number of hydrogen-bond acceptors (Lipinski definition) is 3. The first kappa shape index (κ1) is 14.4. The van der Waals surface area contributed by atoms with Gasteiger partial charge < -0.3 is 9.16 Å². The molecule has 0 amide bonds. The van der Waals surface area contributed by atoms with Gasteiger partial charge in [-0.3, -0.25) is 0 Å². The summed E-state index contributed by atoms with van der Waals surface area (Å²) in [6.07, 6.45) is 0.890. The number of hydrogen-bond donors (Lipinski definition) is 0. The van der Waals surface area contributed by atoms with Crippen LogP contribution in [0, 0.1) is 0 Å². The number of carbonyl (C=O) groups excluding carboxylic acids is 1. The van der Waals surface area contributed by atoms with E-state index in [1.54, 1.807) is 6.92 Å². The molecule has 0 saturated heterocycles. The standard InChI is InChI=1S/C11H22O3Si/c1-9(2)10(12)13-7-6-8-15-14-11(3,4)5/h1,6-8,15H2,2-5H3. The Labute approximate surface area is 94.8 Å². The molecule has 0 rings (SSSR count). The van der Waals surface area contributed by atoms with E-state index in [0.29, 0.717) is 12.2 Å². The summed E-state index contributed by atoms with van der Waals surface area (Å²) >= 11 is 0. The van der Waals surface area contributed by atoms with Crippen LogP contribution < -0.4 is 0 Å². The zero-order chi connectivity index (χ0) is 11.9. The maximum absolute atomic E-state index is 11.0. The van der Waals surface area contributed by atoms with Crippen LogP contribution in [0.3, 0.4) is 0 Å². The van der Waals surface area contributed by atoms with Gasteiger partial charge in [0.2, 0.25) is 0 Å². The molecule has 0 aliphatic heterocycles. The number of carbonyl (C=O) groups is 1. The molecule has 0 unspecified atom stereocenters. The molecule has 0 heterocycles. The van der Waals surface area contributed by atoms with Gasteiger partial charge in [0.25, 0.3) is 0 Å². The molecule has 3 nitrogen and oxygen atoms in total. The fraction of sp³-hybridized carbons (Fsp3) is 0.727. The Hall–Kier alpha value is -0.613. The van der Waals surface area contributed by atoms with Crippen molar-refractivity contribution < 1.29 is 14.0 Å². The van der Waals surface area contributed by atoms with Crippen molar-refractivity contribution in [3.8, 4) is 0 Å². The van der Waals surface area contributed by atoms with Crippen molar-refractivity contribution in [3.05, 3.63) is 12.2 Å². The van der Waals surface area contributed by atoms with Gasteiger partial charge in [0, 0.05) is 11.2 Å². The molecule has 0 fully saturated rings. The summed E-state index contributed by atoms with van der Waals surface area (Å²) in [6.45, 7) is 11.8. The topological polar surface area (TPSA) is 35.5 Å². The van der Waals surface area contributed by atoms with Crippen molar-refractivity contribution in [3.63, 3.8) is 0 Å². The van der Waals surface area contributed by atoms with E-state index in [1.165, 1.54) is 0 Å². The summed E-state index contributed by atoms with van der Waals surface area (Å²) < 4.78 is 10.6. The van der Waals surface area contributed by atoms with Crippen molar-refractivity contribution in [2.75, 3.05) is 6.61 Å². The molecule has 0 atom stereocenters. The summed E-state index contributed by atoms with van der Waals surface area (Å²) in [5.74, 6) is -0.298. The first-order chi connectivity index (χ1) is 6.83.